The summed E-state index contributed by atoms with van der Waals surface area (Å²) in [5, 5.41) is 2.96. The van der Waals surface area contributed by atoms with Crippen molar-refractivity contribution in [1.29, 1.82) is 0 Å². The Kier molecular flexibility index (Phi) is 7.15. The highest BCUT2D eigenvalue weighted by atomic mass is 16.5. The highest BCUT2D eigenvalue weighted by Crippen LogP contribution is 2.19. The molecule has 1 unspecified atom stereocenters. The van der Waals surface area contributed by atoms with E-state index in [1.165, 1.54) is 5.56 Å². The number of carbonyl (C=O) groups is 1. The molecule has 0 aliphatic carbocycles. The van der Waals surface area contributed by atoms with E-state index < -0.39 is 6.10 Å². The van der Waals surface area contributed by atoms with Crippen LogP contribution in [0.1, 0.15) is 25.3 Å². The molecule has 128 valence electrons. The van der Waals surface area contributed by atoms with E-state index >= 15 is 0 Å². The van der Waals surface area contributed by atoms with Crippen LogP contribution in [0.4, 0.5) is 0 Å². The first-order valence-electron chi connectivity index (χ1n) is 8.35. The van der Waals surface area contributed by atoms with Gasteiger partial charge < -0.3 is 14.8 Å². The summed E-state index contributed by atoms with van der Waals surface area (Å²) >= 11 is 0. The van der Waals surface area contributed by atoms with Gasteiger partial charge in [-0.15, -0.1) is 0 Å². The third-order valence-electron chi connectivity index (χ3n) is 3.79. The molecule has 0 aromatic heterocycles. The van der Waals surface area contributed by atoms with E-state index in [2.05, 4.69) is 17.4 Å². The predicted octanol–water partition coefficient (Wildman–Crippen LogP) is 3.60. The van der Waals surface area contributed by atoms with Crippen molar-refractivity contribution >= 4 is 5.91 Å². The number of rotatable bonds is 9. The summed E-state index contributed by atoms with van der Waals surface area (Å²) in [6.45, 7) is 2.59. The minimum Gasteiger partial charge on any atom is -0.497 e. The molecule has 0 aliphatic rings. The second-order valence-electron chi connectivity index (χ2n) is 5.57. The molecule has 0 saturated heterocycles. The average Bonchev–Trinajstić information content (AvgIpc) is 2.64. The number of ether oxygens (including phenoxy) is 2. The van der Waals surface area contributed by atoms with E-state index in [1.807, 2.05) is 49.4 Å². The van der Waals surface area contributed by atoms with Gasteiger partial charge in [-0.2, -0.15) is 0 Å². The molecule has 0 saturated carbocycles. The Morgan fingerprint density at radius 3 is 2.33 bits per heavy atom. The lowest BCUT2D eigenvalue weighted by Gasteiger charge is -2.17. The smallest absolute Gasteiger partial charge is 0.261 e. The van der Waals surface area contributed by atoms with Gasteiger partial charge in [0.25, 0.3) is 5.91 Å². The quantitative estimate of drug-likeness (QED) is 0.716. The number of nitrogens with one attached hydrogen (secondary N) is 1. The second-order valence-corrected chi connectivity index (χ2v) is 5.57. The molecule has 0 fully saturated rings. The summed E-state index contributed by atoms with van der Waals surface area (Å²) in [6, 6.07) is 17.5. The van der Waals surface area contributed by atoms with E-state index in [4.69, 9.17) is 9.47 Å². The van der Waals surface area contributed by atoms with Crippen molar-refractivity contribution in [3.8, 4) is 11.5 Å². The zero-order chi connectivity index (χ0) is 17.2. The van der Waals surface area contributed by atoms with Gasteiger partial charge >= 0.3 is 0 Å². The van der Waals surface area contributed by atoms with E-state index in [1.54, 1.807) is 7.11 Å². The SMILES string of the molecule is CCC(Oc1ccc(OC)cc1)C(=O)NCCCc1ccccc1. The Bertz CT molecular complexity index is 611. The van der Waals surface area contributed by atoms with Crippen molar-refractivity contribution in [3.63, 3.8) is 0 Å². The number of hydrogen-bond donors (Lipinski definition) is 1. The van der Waals surface area contributed by atoms with Gasteiger partial charge in [-0.05, 0) is 49.1 Å². The van der Waals surface area contributed by atoms with Crippen molar-refractivity contribution in [1.82, 2.24) is 5.32 Å². The monoisotopic (exact) mass is 327 g/mol. The number of methoxy groups -OCH3 is 1. The van der Waals surface area contributed by atoms with E-state index in [-0.39, 0.29) is 5.91 Å². The van der Waals surface area contributed by atoms with E-state index in [0.29, 0.717) is 18.7 Å². The highest BCUT2D eigenvalue weighted by Gasteiger charge is 2.17. The topological polar surface area (TPSA) is 47.6 Å². The number of aryl methyl sites for hydroxylation is 1. The number of benzene rings is 2. The molecule has 4 heteroatoms. The Labute approximate surface area is 143 Å². The van der Waals surface area contributed by atoms with Gasteiger partial charge in [0.2, 0.25) is 0 Å². The molecular formula is C20H25NO3. The number of amides is 1. The van der Waals surface area contributed by atoms with Gasteiger partial charge in [-0.3, -0.25) is 4.79 Å². The predicted molar refractivity (Wildman–Crippen MR) is 95.5 cm³/mol. The standard InChI is InChI=1S/C20H25NO3/c1-3-19(24-18-13-11-17(23-2)12-14-18)20(22)21-15-7-10-16-8-5-4-6-9-16/h4-6,8-9,11-14,19H,3,7,10,15H2,1-2H3,(H,21,22). The van der Waals surface area contributed by atoms with Crippen LogP contribution >= 0.6 is 0 Å². The molecular weight excluding hydrogens is 302 g/mol. The Morgan fingerprint density at radius 2 is 1.71 bits per heavy atom. The van der Waals surface area contributed by atoms with Crippen LogP contribution in [0.25, 0.3) is 0 Å². The van der Waals surface area contributed by atoms with Crippen LogP contribution in [-0.4, -0.2) is 25.7 Å². The largest absolute Gasteiger partial charge is 0.497 e. The summed E-state index contributed by atoms with van der Waals surface area (Å²) in [6.07, 6.45) is 2.01. The molecule has 2 aromatic rings. The van der Waals surface area contributed by atoms with Gasteiger partial charge in [-0.1, -0.05) is 37.3 Å². The molecule has 2 aromatic carbocycles. The molecule has 0 radical (unpaired) electrons. The van der Waals surface area contributed by atoms with Crippen LogP contribution in [0.2, 0.25) is 0 Å². The van der Waals surface area contributed by atoms with Gasteiger partial charge in [0, 0.05) is 6.54 Å². The van der Waals surface area contributed by atoms with E-state index in [9.17, 15) is 4.79 Å². The maximum atomic E-state index is 12.3. The molecule has 4 nitrogen and oxygen atoms in total. The second kappa shape index (κ2) is 9.60. The Morgan fingerprint density at radius 1 is 1.04 bits per heavy atom. The molecule has 1 atom stereocenters. The molecule has 0 heterocycles. The summed E-state index contributed by atoms with van der Waals surface area (Å²) in [4.78, 5) is 12.3. The number of carbonyl (C=O) groups excluding carboxylic acids is 1. The summed E-state index contributed by atoms with van der Waals surface area (Å²) < 4.78 is 10.9. The fraction of sp³-hybridized carbons (Fsp3) is 0.350. The van der Waals surface area contributed by atoms with Gasteiger partial charge in [0.15, 0.2) is 6.10 Å². The van der Waals surface area contributed by atoms with Crippen LogP contribution in [-0.2, 0) is 11.2 Å². The van der Waals surface area contributed by atoms with Crippen LogP contribution in [0, 0.1) is 0 Å². The minimum atomic E-state index is -0.477. The zero-order valence-electron chi connectivity index (χ0n) is 14.3. The third-order valence-corrected chi connectivity index (χ3v) is 3.79. The molecule has 0 aliphatic heterocycles. The molecule has 1 amide bonds. The van der Waals surface area contributed by atoms with Gasteiger partial charge in [-0.25, -0.2) is 0 Å². The lowest BCUT2D eigenvalue weighted by Crippen LogP contribution is -2.38. The molecule has 2 rings (SSSR count). The van der Waals surface area contributed by atoms with Crippen LogP contribution in [0.15, 0.2) is 54.6 Å². The Hall–Kier alpha value is -2.49. The summed E-state index contributed by atoms with van der Waals surface area (Å²) in [5.74, 6) is 1.37. The van der Waals surface area contributed by atoms with Crippen molar-refractivity contribution in [3.05, 3.63) is 60.2 Å². The molecule has 24 heavy (non-hydrogen) atoms. The molecule has 1 N–H and O–H groups in total. The highest BCUT2D eigenvalue weighted by molar-refractivity contribution is 5.81. The van der Waals surface area contributed by atoms with Gasteiger partial charge in [0.1, 0.15) is 11.5 Å². The fourth-order valence-corrected chi connectivity index (χ4v) is 2.40. The van der Waals surface area contributed by atoms with E-state index in [0.717, 1.165) is 18.6 Å². The Balaban J connectivity index is 1.76. The van der Waals surface area contributed by atoms with Crippen molar-refractivity contribution in [2.75, 3.05) is 13.7 Å². The first-order chi connectivity index (χ1) is 11.7. The average molecular weight is 327 g/mol. The molecule has 0 bridgehead atoms. The first-order valence-corrected chi connectivity index (χ1v) is 8.35. The normalized spacial score (nSPS) is 11.6. The molecule has 0 spiro atoms. The maximum absolute atomic E-state index is 12.3. The van der Waals surface area contributed by atoms with Crippen LogP contribution in [0.5, 0.6) is 11.5 Å². The summed E-state index contributed by atoms with van der Waals surface area (Å²) in [5.41, 5.74) is 1.29. The summed E-state index contributed by atoms with van der Waals surface area (Å²) in [7, 11) is 1.62. The lowest BCUT2D eigenvalue weighted by atomic mass is 10.1. The van der Waals surface area contributed by atoms with Crippen molar-refractivity contribution in [2.45, 2.75) is 32.3 Å². The number of hydrogen-bond acceptors (Lipinski definition) is 3. The minimum absolute atomic E-state index is 0.0682. The van der Waals surface area contributed by atoms with Gasteiger partial charge in [0.05, 0.1) is 7.11 Å². The van der Waals surface area contributed by atoms with Crippen LogP contribution < -0.4 is 14.8 Å². The van der Waals surface area contributed by atoms with Crippen molar-refractivity contribution in [2.24, 2.45) is 0 Å². The maximum Gasteiger partial charge on any atom is 0.261 e. The third kappa shape index (κ3) is 5.61. The van der Waals surface area contributed by atoms with Crippen molar-refractivity contribution < 1.29 is 14.3 Å². The zero-order valence-corrected chi connectivity index (χ0v) is 14.3. The first kappa shape index (κ1) is 17.9. The van der Waals surface area contributed by atoms with Crippen LogP contribution in [0.3, 0.4) is 0 Å². The fourth-order valence-electron chi connectivity index (χ4n) is 2.40. The lowest BCUT2D eigenvalue weighted by molar-refractivity contribution is -0.128.